The van der Waals surface area contributed by atoms with Crippen molar-refractivity contribution in [2.24, 2.45) is 0 Å². The maximum Gasteiger partial charge on any atom is 0.290 e. The lowest BCUT2D eigenvalue weighted by molar-refractivity contribution is 0.0843. The van der Waals surface area contributed by atoms with Crippen LogP contribution >= 0.6 is 0 Å². The topological polar surface area (TPSA) is 104 Å². The van der Waals surface area contributed by atoms with Crippen LogP contribution in [0, 0.1) is 0 Å². The summed E-state index contributed by atoms with van der Waals surface area (Å²) in [6.07, 6.45) is 1.65. The largest absolute Gasteiger partial charge is 0.497 e. The first-order valence-electron chi connectivity index (χ1n) is 9.17. The van der Waals surface area contributed by atoms with Gasteiger partial charge in [0.1, 0.15) is 5.75 Å². The molecule has 0 fully saturated rings. The summed E-state index contributed by atoms with van der Waals surface area (Å²) in [5.41, 5.74) is 5.93. The van der Waals surface area contributed by atoms with Crippen molar-refractivity contribution < 1.29 is 23.8 Å². The molecule has 9 nitrogen and oxygen atoms in total. The number of methoxy groups -OCH3 is 2. The lowest BCUT2D eigenvalue weighted by atomic mass is 10.2. The summed E-state index contributed by atoms with van der Waals surface area (Å²) >= 11 is 0. The van der Waals surface area contributed by atoms with Crippen LogP contribution in [-0.4, -0.2) is 42.4 Å². The summed E-state index contributed by atoms with van der Waals surface area (Å²) in [5, 5.41) is 4.22. The fourth-order valence-electron chi connectivity index (χ4n) is 2.66. The Bertz CT molecular complexity index is 1030. The Kier molecular flexibility index (Phi) is 6.53. The number of ether oxygens (including phenoxy) is 3. The summed E-state index contributed by atoms with van der Waals surface area (Å²) in [4.78, 5) is 24.7. The Balaban J connectivity index is 1.63. The van der Waals surface area contributed by atoms with Crippen LogP contribution in [0.25, 0.3) is 5.69 Å². The van der Waals surface area contributed by atoms with Gasteiger partial charge < -0.3 is 14.2 Å². The molecule has 2 N–H and O–H groups in total. The lowest BCUT2D eigenvalue weighted by Gasteiger charge is -2.11. The number of hydrogen-bond donors (Lipinski definition) is 2. The maximum absolute atomic E-state index is 12.3. The number of amides is 2. The molecule has 0 bridgehead atoms. The van der Waals surface area contributed by atoms with Crippen molar-refractivity contribution in [3.63, 3.8) is 0 Å². The molecule has 0 saturated heterocycles. The molecule has 9 heteroatoms. The van der Waals surface area contributed by atoms with Crippen LogP contribution in [0.1, 0.15) is 27.8 Å². The van der Waals surface area contributed by atoms with Gasteiger partial charge in [0, 0.05) is 11.8 Å². The van der Waals surface area contributed by atoms with Crippen molar-refractivity contribution in [1.29, 1.82) is 0 Å². The van der Waals surface area contributed by atoms with Gasteiger partial charge in [-0.1, -0.05) is 0 Å². The zero-order valence-corrected chi connectivity index (χ0v) is 16.8. The van der Waals surface area contributed by atoms with Crippen LogP contribution in [0.5, 0.6) is 17.2 Å². The van der Waals surface area contributed by atoms with E-state index in [1.165, 1.54) is 13.2 Å². The Labute approximate surface area is 173 Å². The molecule has 0 radical (unpaired) electrons. The molecule has 0 aliphatic carbocycles. The van der Waals surface area contributed by atoms with E-state index in [1.807, 2.05) is 19.1 Å². The van der Waals surface area contributed by atoms with Gasteiger partial charge in [0.05, 0.1) is 26.5 Å². The molecule has 0 spiro atoms. The Morgan fingerprint density at radius 3 is 2.33 bits per heavy atom. The smallest absolute Gasteiger partial charge is 0.290 e. The van der Waals surface area contributed by atoms with Crippen LogP contribution in [0.15, 0.2) is 54.7 Å². The first-order valence-corrected chi connectivity index (χ1v) is 9.17. The molecule has 0 unspecified atom stereocenters. The molecule has 0 saturated carbocycles. The number of nitrogens with zero attached hydrogens (tertiary/aromatic N) is 2. The van der Waals surface area contributed by atoms with Crippen LogP contribution in [-0.2, 0) is 0 Å². The highest BCUT2D eigenvalue weighted by atomic mass is 16.5. The van der Waals surface area contributed by atoms with Crippen LogP contribution in [0.2, 0.25) is 0 Å². The number of carbonyl (C=O) groups is 2. The third-order valence-electron chi connectivity index (χ3n) is 4.17. The second kappa shape index (κ2) is 9.46. The fourth-order valence-corrected chi connectivity index (χ4v) is 2.66. The minimum absolute atomic E-state index is 0.149. The number of carbonyl (C=O) groups excluding carboxylic acids is 2. The molecule has 0 atom stereocenters. The molecule has 2 aromatic carbocycles. The van der Waals surface area contributed by atoms with Gasteiger partial charge >= 0.3 is 0 Å². The first-order chi connectivity index (χ1) is 14.5. The summed E-state index contributed by atoms with van der Waals surface area (Å²) < 4.78 is 17.3. The quantitative estimate of drug-likeness (QED) is 0.580. The second-order valence-corrected chi connectivity index (χ2v) is 6.05. The van der Waals surface area contributed by atoms with E-state index in [1.54, 1.807) is 48.3 Å². The summed E-state index contributed by atoms with van der Waals surface area (Å²) in [6.45, 7) is 2.33. The molecule has 30 heavy (non-hydrogen) atoms. The standard InChI is InChI=1S/C21H22N4O5/c1-4-30-18-10-5-14(13-19(18)29-3)20(26)22-23-21(27)17-11-12-25(24-17)15-6-8-16(28-2)9-7-15/h5-13H,4H2,1-3H3,(H,22,26)(H,23,27). The predicted octanol–water partition coefficient (Wildman–Crippen LogP) is 2.36. The summed E-state index contributed by atoms with van der Waals surface area (Å²) in [5.74, 6) is 0.629. The van der Waals surface area contributed by atoms with E-state index in [9.17, 15) is 9.59 Å². The minimum Gasteiger partial charge on any atom is -0.497 e. The van der Waals surface area contributed by atoms with Gasteiger partial charge in [-0.2, -0.15) is 5.10 Å². The van der Waals surface area contributed by atoms with Crippen LogP contribution in [0.4, 0.5) is 0 Å². The van der Waals surface area contributed by atoms with E-state index in [2.05, 4.69) is 16.0 Å². The molecule has 1 heterocycles. The normalized spacial score (nSPS) is 10.2. The number of nitrogens with one attached hydrogen (secondary N) is 2. The Morgan fingerprint density at radius 2 is 1.67 bits per heavy atom. The molecule has 3 aromatic rings. The molecule has 0 aliphatic heterocycles. The van der Waals surface area contributed by atoms with E-state index in [-0.39, 0.29) is 5.69 Å². The fraction of sp³-hybridized carbons (Fsp3) is 0.190. The van der Waals surface area contributed by atoms with Crippen molar-refractivity contribution in [2.75, 3.05) is 20.8 Å². The van der Waals surface area contributed by atoms with Gasteiger partial charge in [0.2, 0.25) is 0 Å². The van der Waals surface area contributed by atoms with E-state index < -0.39 is 11.8 Å². The van der Waals surface area contributed by atoms with E-state index >= 15 is 0 Å². The average Bonchev–Trinajstić information content (AvgIpc) is 3.28. The number of aromatic nitrogens is 2. The molecule has 0 aliphatic rings. The predicted molar refractivity (Wildman–Crippen MR) is 109 cm³/mol. The van der Waals surface area contributed by atoms with Crippen molar-refractivity contribution in [3.05, 3.63) is 66.0 Å². The van der Waals surface area contributed by atoms with Gasteiger partial charge in [0.15, 0.2) is 17.2 Å². The highest BCUT2D eigenvalue weighted by Crippen LogP contribution is 2.27. The summed E-state index contributed by atoms with van der Waals surface area (Å²) in [6, 6.07) is 13.5. The van der Waals surface area contributed by atoms with Crippen molar-refractivity contribution in [1.82, 2.24) is 20.6 Å². The van der Waals surface area contributed by atoms with Gasteiger partial charge in [-0.25, -0.2) is 4.68 Å². The number of hydrazine groups is 1. The molecule has 2 amide bonds. The average molecular weight is 410 g/mol. The van der Waals surface area contributed by atoms with Gasteiger partial charge in [-0.15, -0.1) is 0 Å². The van der Waals surface area contributed by atoms with Gasteiger partial charge in [0.25, 0.3) is 11.8 Å². The molecule has 1 aromatic heterocycles. The molecule has 3 rings (SSSR count). The number of hydrogen-bond acceptors (Lipinski definition) is 6. The second-order valence-electron chi connectivity index (χ2n) is 6.05. The van der Waals surface area contributed by atoms with Gasteiger partial charge in [-0.05, 0) is 55.5 Å². The van der Waals surface area contributed by atoms with Crippen molar-refractivity contribution in [2.45, 2.75) is 6.92 Å². The van der Waals surface area contributed by atoms with Gasteiger partial charge in [-0.3, -0.25) is 20.4 Å². The van der Waals surface area contributed by atoms with E-state index in [0.29, 0.717) is 23.7 Å². The Hall–Kier alpha value is -4.01. The number of rotatable bonds is 7. The number of benzene rings is 2. The van der Waals surface area contributed by atoms with E-state index in [4.69, 9.17) is 14.2 Å². The zero-order chi connectivity index (χ0) is 21.5. The van der Waals surface area contributed by atoms with Crippen LogP contribution in [0.3, 0.4) is 0 Å². The highest BCUT2D eigenvalue weighted by Gasteiger charge is 2.14. The van der Waals surface area contributed by atoms with E-state index in [0.717, 1.165) is 11.4 Å². The zero-order valence-electron chi connectivity index (χ0n) is 16.8. The monoisotopic (exact) mass is 410 g/mol. The lowest BCUT2D eigenvalue weighted by Crippen LogP contribution is -2.41. The van der Waals surface area contributed by atoms with Crippen molar-refractivity contribution in [3.8, 4) is 22.9 Å². The molecular weight excluding hydrogens is 388 g/mol. The third kappa shape index (κ3) is 4.69. The van der Waals surface area contributed by atoms with Crippen molar-refractivity contribution >= 4 is 11.8 Å². The maximum atomic E-state index is 12.3. The molecule has 156 valence electrons. The highest BCUT2D eigenvalue weighted by molar-refractivity contribution is 5.98. The first kappa shape index (κ1) is 20.7. The third-order valence-corrected chi connectivity index (χ3v) is 4.17. The minimum atomic E-state index is -0.548. The summed E-state index contributed by atoms with van der Waals surface area (Å²) in [7, 11) is 3.07. The molecular formula is C21H22N4O5. The van der Waals surface area contributed by atoms with Crippen LogP contribution < -0.4 is 25.1 Å². The Morgan fingerprint density at radius 1 is 0.933 bits per heavy atom. The SMILES string of the molecule is CCOc1ccc(C(=O)NNC(=O)c2ccn(-c3ccc(OC)cc3)n2)cc1OC.